The molecule has 38 heavy (non-hydrogen) atoms. The van der Waals surface area contributed by atoms with E-state index in [1.165, 1.54) is 18.9 Å². The number of ether oxygens (including phenoxy) is 2. The number of carbonyl (C=O) groups is 2. The maximum Gasteiger partial charge on any atom is 0.255 e. The van der Waals surface area contributed by atoms with Gasteiger partial charge in [0.2, 0.25) is 5.91 Å². The van der Waals surface area contributed by atoms with E-state index in [1.54, 1.807) is 37.1 Å². The number of amides is 2. The Hall–Kier alpha value is -3.88. The molecule has 1 N–H and O–H groups in total. The Bertz CT molecular complexity index is 1440. The first-order chi connectivity index (χ1) is 18.5. The van der Waals surface area contributed by atoms with Crippen molar-refractivity contribution in [2.45, 2.75) is 26.9 Å². The second-order valence-corrected chi connectivity index (χ2v) is 11.0. The van der Waals surface area contributed by atoms with Crippen LogP contribution in [0.3, 0.4) is 0 Å². The SMILES string of the molecule is COc1ccc(C(=O)Nc2ccc(SC(C)C(=O)N3c4ccccc4Sc4ccccc43)cc2)cc1OC. The molecule has 8 heteroatoms. The first-order valence-electron chi connectivity index (χ1n) is 12.0. The number of thioether (sulfide) groups is 1. The summed E-state index contributed by atoms with van der Waals surface area (Å²) >= 11 is 3.17. The molecule has 4 aromatic carbocycles. The fraction of sp³-hybridized carbons (Fsp3) is 0.133. The topological polar surface area (TPSA) is 67.9 Å². The zero-order chi connectivity index (χ0) is 26.6. The van der Waals surface area contributed by atoms with Crippen LogP contribution >= 0.6 is 23.5 Å². The summed E-state index contributed by atoms with van der Waals surface area (Å²) in [6.07, 6.45) is 0. The van der Waals surface area contributed by atoms with Crippen LogP contribution in [0.25, 0.3) is 0 Å². The van der Waals surface area contributed by atoms with Gasteiger partial charge >= 0.3 is 0 Å². The largest absolute Gasteiger partial charge is 0.493 e. The van der Waals surface area contributed by atoms with Crippen LogP contribution in [-0.2, 0) is 4.79 Å². The molecule has 0 radical (unpaired) electrons. The zero-order valence-corrected chi connectivity index (χ0v) is 22.8. The Morgan fingerprint density at radius 2 is 1.42 bits per heavy atom. The molecule has 1 heterocycles. The minimum absolute atomic E-state index is 0.0148. The first kappa shape index (κ1) is 25.8. The Morgan fingerprint density at radius 1 is 0.816 bits per heavy atom. The van der Waals surface area contributed by atoms with E-state index >= 15 is 0 Å². The van der Waals surface area contributed by atoms with Gasteiger partial charge in [0.15, 0.2) is 11.5 Å². The van der Waals surface area contributed by atoms with Crippen LogP contribution in [0, 0.1) is 0 Å². The van der Waals surface area contributed by atoms with Gasteiger partial charge in [-0.2, -0.15) is 0 Å². The molecule has 0 bridgehead atoms. The number of para-hydroxylation sites is 2. The van der Waals surface area contributed by atoms with Crippen molar-refractivity contribution in [1.82, 2.24) is 0 Å². The van der Waals surface area contributed by atoms with Gasteiger partial charge in [-0.15, -0.1) is 11.8 Å². The fourth-order valence-electron chi connectivity index (χ4n) is 4.18. The summed E-state index contributed by atoms with van der Waals surface area (Å²) < 4.78 is 10.5. The minimum Gasteiger partial charge on any atom is -0.493 e. The molecule has 0 spiro atoms. The lowest BCUT2D eigenvalue weighted by atomic mass is 10.2. The van der Waals surface area contributed by atoms with E-state index in [4.69, 9.17) is 9.47 Å². The van der Waals surface area contributed by atoms with Gasteiger partial charge in [0, 0.05) is 25.9 Å². The smallest absolute Gasteiger partial charge is 0.255 e. The van der Waals surface area contributed by atoms with E-state index in [1.807, 2.05) is 84.6 Å². The molecule has 2 amide bonds. The molecule has 6 nitrogen and oxygen atoms in total. The lowest BCUT2D eigenvalue weighted by molar-refractivity contribution is -0.117. The number of methoxy groups -OCH3 is 2. The average molecular weight is 543 g/mol. The number of hydrogen-bond acceptors (Lipinski definition) is 6. The zero-order valence-electron chi connectivity index (χ0n) is 21.1. The van der Waals surface area contributed by atoms with Gasteiger partial charge in [0.25, 0.3) is 5.91 Å². The maximum atomic E-state index is 13.7. The van der Waals surface area contributed by atoms with E-state index in [-0.39, 0.29) is 17.1 Å². The number of carbonyl (C=O) groups excluding carboxylic acids is 2. The third-order valence-electron chi connectivity index (χ3n) is 6.07. The van der Waals surface area contributed by atoms with Crippen molar-refractivity contribution in [1.29, 1.82) is 0 Å². The van der Waals surface area contributed by atoms with E-state index < -0.39 is 0 Å². The standard InChI is InChI=1S/C30H26N2O4S2/c1-19(30(34)32-23-8-4-6-10-27(23)38-28-11-7-5-9-24(28)32)37-22-15-13-21(14-16-22)31-29(33)20-12-17-25(35-2)26(18-20)36-3/h4-19H,1-3H3,(H,31,33). The van der Waals surface area contributed by atoms with Crippen LogP contribution < -0.4 is 19.7 Å². The Morgan fingerprint density at radius 3 is 2.03 bits per heavy atom. The van der Waals surface area contributed by atoms with Crippen molar-refractivity contribution in [2.24, 2.45) is 0 Å². The van der Waals surface area contributed by atoms with Crippen molar-refractivity contribution in [3.8, 4) is 11.5 Å². The average Bonchev–Trinajstić information content (AvgIpc) is 2.96. The number of benzene rings is 4. The molecule has 1 aliphatic rings. The summed E-state index contributed by atoms with van der Waals surface area (Å²) in [6.45, 7) is 1.92. The molecule has 0 aliphatic carbocycles. The summed E-state index contributed by atoms with van der Waals surface area (Å²) in [5, 5.41) is 2.57. The van der Waals surface area contributed by atoms with Crippen molar-refractivity contribution in [2.75, 3.05) is 24.4 Å². The minimum atomic E-state index is -0.327. The van der Waals surface area contributed by atoms with E-state index in [0.29, 0.717) is 22.7 Å². The van der Waals surface area contributed by atoms with Crippen LogP contribution in [0.1, 0.15) is 17.3 Å². The summed E-state index contributed by atoms with van der Waals surface area (Å²) in [5.74, 6) is 0.809. The van der Waals surface area contributed by atoms with Crippen molar-refractivity contribution >= 4 is 52.4 Å². The summed E-state index contributed by atoms with van der Waals surface area (Å²) in [4.78, 5) is 31.3. The first-order valence-corrected chi connectivity index (χ1v) is 13.7. The van der Waals surface area contributed by atoms with Gasteiger partial charge in [-0.05, 0) is 73.7 Å². The summed E-state index contributed by atoms with van der Waals surface area (Å²) in [7, 11) is 3.08. The number of nitrogens with one attached hydrogen (secondary N) is 1. The highest BCUT2D eigenvalue weighted by molar-refractivity contribution is 8.00. The second-order valence-electron chi connectivity index (χ2n) is 8.52. The predicted octanol–water partition coefficient (Wildman–Crippen LogP) is 7.27. The fourth-order valence-corrected chi connectivity index (χ4v) is 6.14. The highest BCUT2D eigenvalue weighted by Gasteiger charge is 2.31. The van der Waals surface area contributed by atoms with Crippen LogP contribution in [0.4, 0.5) is 17.1 Å². The van der Waals surface area contributed by atoms with Crippen molar-refractivity contribution in [3.63, 3.8) is 0 Å². The van der Waals surface area contributed by atoms with E-state index in [2.05, 4.69) is 5.32 Å². The Balaban J connectivity index is 1.28. The van der Waals surface area contributed by atoms with Crippen molar-refractivity contribution in [3.05, 3.63) is 96.6 Å². The lowest BCUT2D eigenvalue weighted by Crippen LogP contribution is -2.34. The molecule has 4 aromatic rings. The number of nitrogens with zero attached hydrogens (tertiary/aromatic N) is 1. The third kappa shape index (κ3) is 5.23. The van der Waals surface area contributed by atoms with Gasteiger partial charge in [-0.25, -0.2) is 0 Å². The molecule has 0 fully saturated rings. The highest BCUT2D eigenvalue weighted by atomic mass is 32.2. The lowest BCUT2D eigenvalue weighted by Gasteiger charge is -2.32. The number of hydrogen-bond donors (Lipinski definition) is 1. The monoisotopic (exact) mass is 542 g/mol. The third-order valence-corrected chi connectivity index (χ3v) is 8.30. The molecule has 1 unspecified atom stereocenters. The van der Waals surface area contributed by atoms with Crippen LogP contribution in [0.2, 0.25) is 0 Å². The molecule has 0 saturated carbocycles. The van der Waals surface area contributed by atoms with Gasteiger partial charge in [0.05, 0.1) is 30.8 Å². The molecular weight excluding hydrogens is 516 g/mol. The highest BCUT2D eigenvalue weighted by Crippen LogP contribution is 2.48. The van der Waals surface area contributed by atoms with Gasteiger partial charge in [0.1, 0.15) is 0 Å². The molecular formula is C30H26N2O4S2. The Kier molecular flexibility index (Phi) is 7.62. The number of rotatable bonds is 7. The van der Waals surface area contributed by atoms with Crippen LogP contribution in [0.5, 0.6) is 11.5 Å². The molecule has 1 atom stereocenters. The molecule has 0 saturated heterocycles. The van der Waals surface area contributed by atoms with E-state index in [0.717, 1.165) is 26.1 Å². The van der Waals surface area contributed by atoms with Gasteiger partial charge < -0.3 is 14.8 Å². The summed E-state index contributed by atoms with van der Waals surface area (Å²) in [6, 6.07) is 28.5. The molecule has 5 rings (SSSR count). The molecule has 1 aliphatic heterocycles. The quantitative estimate of drug-likeness (QED) is 0.248. The second kappa shape index (κ2) is 11.2. The van der Waals surface area contributed by atoms with Gasteiger partial charge in [-0.1, -0.05) is 36.0 Å². The summed E-state index contributed by atoms with van der Waals surface area (Å²) in [5.41, 5.74) is 2.92. The van der Waals surface area contributed by atoms with E-state index in [9.17, 15) is 9.59 Å². The van der Waals surface area contributed by atoms with Gasteiger partial charge in [-0.3, -0.25) is 14.5 Å². The predicted molar refractivity (Wildman–Crippen MR) is 153 cm³/mol. The van der Waals surface area contributed by atoms with Crippen molar-refractivity contribution < 1.29 is 19.1 Å². The number of anilines is 3. The molecule has 192 valence electrons. The van der Waals surface area contributed by atoms with Crippen LogP contribution in [0.15, 0.2) is 106 Å². The van der Waals surface area contributed by atoms with Crippen LogP contribution in [-0.4, -0.2) is 31.3 Å². The Labute approximate surface area is 230 Å². The normalized spacial score (nSPS) is 12.7. The maximum absolute atomic E-state index is 13.7. The number of fused-ring (bicyclic) bond motifs is 2. The molecule has 0 aromatic heterocycles.